The van der Waals surface area contributed by atoms with Crippen molar-refractivity contribution in [2.75, 3.05) is 21.3 Å². The zero-order valence-corrected chi connectivity index (χ0v) is 29.5. The van der Waals surface area contributed by atoms with E-state index in [0.29, 0.717) is 37.7 Å². The van der Waals surface area contributed by atoms with Gasteiger partial charge in [0, 0.05) is 46.5 Å². The van der Waals surface area contributed by atoms with E-state index >= 15 is 0 Å². The summed E-state index contributed by atoms with van der Waals surface area (Å²) in [5.41, 5.74) is 0.598. The summed E-state index contributed by atoms with van der Waals surface area (Å²) in [4.78, 5) is 53.3. The number of carbonyl (C=O) groups is 4. The summed E-state index contributed by atoms with van der Waals surface area (Å²) < 4.78 is 42.0. The number of ether oxygens (including phenoxy) is 7. The monoisotopic (exact) mass is 674 g/mol. The molecule has 0 aromatic carbocycles. The molecule has 0 amide bonds. The summed E-state index contributed by atoms with van der Waals surface area (Å²) in [7, 11) is 4.88. The fourth-order valence-corrected chi connectivity index (χ4v) is 10.4. The third-order valence-electron chi connectivity index (χ3n) is 12.6. The molecule has 0 N–H and O–H groups in total. The Kier molecular flexibility index (Phi) is 10.8. The Bertz CT molecular complexity index is 1260. The molecule has 6 rings (SSSR count). The van der Waals surface area contributed by atoms with Gasteiger partial charge >= 0.3 is 11.9 Å². The Balaban J connectivity index is 1.29. The number of methoxy groups -OCH3 is 3. The van der Waals surface area contributed by atoms with Crippen LogP contribution in [0.4, 0.5) is 0 Å². The summed E-state index contributed by atoms with van der Waals surface area (Å²) in [6, 6.07) is 0. The third kappa shape index (κ3) is 6.43. The number of rotatable bonds is 7. The maximum atomic E-state index is 14.3. The molecule has 3 saturated carbocycles. The molecule has 0 aromatic heterocycles. The minimum Gasteiger partial charge on any atom is -0.462 e. The summed E-state index contributed by atoms with van der Waals surface area (Å²) in [6.45, 7) is 7.13. The normalized spacial score (nSPS) is 46.1. The molecule has 16 atom stereocenters. The van der Waals surface area contributed by atoms with Crippen molar-refractivity contribution in [1.29, 1.82) is 0 Å². The molecule has 11 heteroatoms. The molecule has 2 aliphatic heterocycles. The molecule has 0 spiro atoms. The summed E-state index contributed by atoms with van der Waals surface area (Å²) >= 11 is 0. The van der Waals surface area contributed by atoms with Crippen molar-refractivity contribution in [3.63, 3.8) is 0 Å². The molecular weight excluding hydrogens is 620 g/mol. The Morgan fingerprint density at radius 2 is 1.62 bits per heavy atom. The fraction of sp³-hybridized carbons (Fsp3) is 0.838. The molecule has 11 nitrogen and oxygen atoms in total. The topological polar surface area (TPSA) is 133 Å². The molecular formula is C37H54O11. The maximum Gasteiger partial charge on any atom is 0.306 e. The minimum absolute atomic E-state index is 0.0497. The molecule has 0 unspecified atom stereocenters. The lowest BCUT2D eigenvalue weighted by Crippen LogP contribution is -2.59. The smallest absolute Gasteiger partial charge is 0.306 e. The van der Waals surface area contributed by atoms with Crippen LogP contribution in [0.3, 0.4) is 0 Å². The van der Waals surface area contributed by atoms with Gasteiger partial charge in [0.05, 0.1) is 24.5 Å². The highest BCUT2D eigenvalue weighted by Gasteiger charge is 2.64. The van der Waals surface area contributed by atoms with Crippen LogP contribution in [0.2, 0.25) is 0 Å². The number of cyclic esters (lactones) is 1. The van der Waals surface area contributed by atoms with Crippen LogP contribution in [0, 0.1) is 47.3 Å². The fourth-order valence-electron chi connectivity index (χ4n) is 10.4. The molecule has 6 aliphatic rings. The van der Waals surface area contributed by atoms with Crippen molar-refractivity contribution in [3.05, 3.63) is 11.6 Å². The second-order valence-electron chi connectivity index (χ2n) is 15.1. The van der Waals surface area contributed by atoms with Gasteiger partial charge in [-0.25, -0.2) is 0 Å². The predicted molar refractivity (Wildman–Crippen MR) is 171 cm³/mol. The van der Waals surface area contributed by atoms with Crippen molar-refractivity contribution in [3.8, 4) is 0 Å². The Hall–Kier alpha value is -2.18. The first kappa shape index (κ1) is 35.6. The van der Waals surface area contributed by atoms with E-state index in [-0.39, 0.29) is 90.0 Å². The van der Waals surface area contributed by atoms with Gasteiger partial charge in [-0.2, -0.15) is 0 Å². The second kappa shape index (κ2) is 14.6. The summed E-state index contributed by atoms with van der Waals surface area (Å²) in [5, 5.41) is 0. The lowest BCUT2D eigenvalue weighted by Gasteiger charge is -2.54. The number of Topliss-reactive ketones (excluding diaryl/α,β-unsaturated/α-hetero) is 2. The van der Waals surface area contributed by atoms with E-state index in [1.54, 1.807) is 21.3 Å². The first-order chi connectivity index (χ1) is 23.0. The predicted octanol–water partition coefficient (Wildman–Crippen LogP) is 4.23. The molecule has 0 bridgehead atoms. The number of hydrogen-bond acceptors (Lipinski definition) is 11. The Morgan fingerprint density at radius 3 is 2.27 bits per heavy atom. The van der Waals surface area contributed by atoms with Crippen LogP contribution in [-0.2, 0) is 52.3 Å². The van der Waals surface area contributed by atoms with E-state index in [4.69, 9.17) is 33.2 Å². The van der Waals surface area contributed by atoms with Crippen LogP contribution in [0.25, 0.3) is 0 Å². The average Bonchev–Trinajstić information content (AvgIpc) is 3.62. The highest BCUT2D eigenvalue weighted by Crippen LogP contribution is 2.64. The highest BCUT2D eigenvalue weighted by molar-refractivity contribution is 5.99. The SMILES string of the molecule is CC[C@H]1CCC[C@H](OC(C)=O)[C@@H](C)C(=O)C2=C[C@H]3[C@@H]4C[C@H](O[C@@H]5O[C@@H](C)[C@H](OC)[C@@H](OC)[C@H]5OC)C[C@H]4[C@@H]4CC(=O)[C@@H]4[C@H]3[C@@H]2CC(=O)O1. The summed E-state index contributed by atoms with van der Waals surface area (Å²) in [5.74, 6) is -1.39. The second-order valence-corrected chi connectivity index (χ2v) is 15.1. The van der Waals surface area contributed by atoms with E-state index in [2.05, 4.69) is 6.08 Å². The molecule has 4 aliphatic carbocycles. The van der Waals surface area contributed by atoms with Crippen LogP contribution < -0.4 is 0 Å². The van der Waals surface area contributed by atoms with Gasteiger partial charge in [0.2, 0.25) is 0 Å². The standard InChI is InChI=1S/C37H54O11/c1-8-20-10-9-11-29(46-19(4)38)17(2)33(41)27-14-24-22-12-21(48-37-36(44-7)35(43-6)34(42-5)18(3)45-37)13-23(22)25-15-28(39)32(25)31(24)26(27)16-30(40)47-20/h14,17-18,20-26,29,31-32,34-37H,8-13,15-16H2,1-7H3/t17-,18+,20+,21+,22-,23-,24+,25+,26-,29+,31-,32-,34+,35-,36-,37+/m1/s1. The van der Waals surface area contributed by atoms with Gasteiger partial charge in [-0.3, -0.25) is 19.2 Å². The molecule has 2 heterocycles. The lowest BCUT2D eigenvalue weighted by molar-refractivity contribution is -0.314. The molecule has 2 saturated heterocycles. The first-order valence-corrected chi connectivity index (χ1v) is 18.1. The lowest BCUT2D eigenvalue weighted by atomic mass is 9.49. The van der Waals surface area contributed by atoms with Crippen LogP contribution in [-0.4, -0.2) is 93.9 Å². The van der Waals surface area contributed by atoms with Gasteiger partial charge in [-0.05, 0) is 80.6 Å². The van der Waals surface area contributed by atoms with Crippen molar-refractivity contribution in [2.45, 2.75) is 128 Å². The quantitative estimate of drug-likeness (QED) is 0.360. The number of ketones is 2. The van der Waals surface area contributed by atoms with Gasteiger partial charge in [0.1, 0.15) is 36.3 Å². The highest BCUT2D eigenvalue weighted by atomic mass is 16.7. The van der Waals surface area contributed by atoms with Gasteiger partial charge in [0.15, 0.2) is 12.1 Å². The zero-order valence-electron chi connectivity index (χ0n) is 29.5. The maximum absolute atomic E-state index is 14.3. The van der Waals surface area contributed by atoms with Crippen molar-refractivity contribution < 1.29 is 52.3 Å². The molecule has 5 fully saturated rings. The van der Waals surface area contributed by atoms with Gasteiger partial charge < -0.3 is 33.2 Å². The van der Waals surface area contributed by atoms with E-state index in [1.165, 1.54) is 6.92 Å². The van der Waals surface area contributed by atoms with Crippen LogP contribution in [0.5, 0.6) is 0 Å². The molecule has 268 valence electrons. The first-order valence-electron chi connectivity index (χ1n) is 18.1. The Morgan fingerprint density at radius 1 is 0.917 bits per heavy atom. The largest absolute Gasteiger partial charge is 0.462 e. The van der Waals surface area contributed by atoms with Crippen molar-refractivity contribution >= 4 is 23.5 Å². The number of hydrogen-bond donors (Lipinski definition) is 0. The number of esters is 2. The van der Waals surface area contributed by atoms with E-state index in [1.807, 2.05) is 20.8 Å². The van der Waals surface area contributed by atoms with Gasteiger partial charge in [-0.1, -0.05) is 19.9 Å². The van der Waals surface area contributed by atoms with Crippen molar-refractivity contribution in [1.82, 2.24) is 0 Å². The van der Waals surface area contributed by atoms with Crippen LogP contribution in [0.1, 0.15) is 79.1 Å². The number of fused-ring (bicyclic) bond motifs is 8. The van der Waals surface area contributed by atoms with Gasteiger partial charge in [-0.15, -0.1) is 0 Å². The number of allylic oxidation sites excluding steroid dienone is 2. The average molecular weight is 675 g/mol. The van der Waals surface area contributed by atoms with E-state index in [0.717, 1.165) is 12.8 Å². The zero-order chi connectivity index (χ0) is 34.4. The third-order valence-corrected chi connectivity index (χ3v) is 12.6. The van der Waals surface area contributed by atoms with E-state index < -0.39 is 36.3 Å². The van der Waals surface area contributed by atoms with E-state index in [9.17, 15) is 19.2 Å². The van der Waals surface area contributed by atoms with Gasteiger partial charge in [0.25, 0.3) is 0 Å². The molecule has 48 heavy (non-hydrogen) atoms. The Labute approximate surface area is 284 Å². The minimum atomic E-state index is -0.653. The van der Waals surface area contributed by atoms with Crippen LogP contribution >= 0.6 is 0 Å². The number of carbonyl (C=O) groups excluding carboxylic acids is 4. The molecule has 0 aromatic rings. The summed E-state index contributed by atoms with van der Waals surface area (Å²) in [6.07, 6.45) is 3.65. The van der Waals surface area contributed by atoms with Crippen LogP contribution in [0.15, 0.2) is 11.6 Å². The van der Waals surface area contributed by atoms with Crippen molar-refractivity contribution in [2.24, 2.45) is 47.3 Å². The molecule has 0 radical (unpaired) electrons.